The van der Waals surface area contributed by atoms with Gasteiger partial charge in [-0.1, -0.05) is 12.1 Å². The molecule has 116 valence electrons. The van der Waals surface area contributed by atoms with Crippen LogP contribution in [0.3, 0.4) is 0 Å². The third kappa shape index (κ3) is 3.52. The highest BCUT2D eigenvalue weighted by Gasteiger charge is 2.19. The molecule has 3 rings (SSSR count). The second-order valence-electron chi connectivity index (χ2n) is 5.21. The van der Waals surface area contributed by atoms with Crippen molar-refractivity contribution < 1.29 is 9.59 Å². The minimum Gasteiger partial charge on any atom is -0.399 e. The number of benzene rings is 1. The Morgan fingerprint density at radius 2 is 1.91 bits per heavy atom. The number of nitrogens with two attached hydrogens (primary N) is 1. The van der Waals surface area contributed by atoms with Gasteiger partial charge >= 0.3 is 0 Å². The molecular formula is C16H15N5O2. The average Bonchev–Trinajstić information content (AvgIpc) is 3.21. The van der Waals surface area contributed by atoms with Crippen molar-refractivity contribution in [1.82, 2.24) is 20.2 Å². The average molecular weight is 309 g/mol. The third-order valence-corrected chi connectivity index (χ3v) is 3.42. The van der Waals surface area contributed by atoms with Gasteiger partial charge in [0.05, 0.1) is 0 Å². The number of ketones is 2. The van der Waals surface area contributed by atoms with Gasteiger partial charge < -0.3 is 10.7 Å². The summed E-state index contributed by atoms with van der Waals surface area (Å²) < 4.78 is 0. The normalized spacial score (nSPS) is 10.6. The van der Waals surface area contributed by atoms with Crippen molar-refractivity contribution >= 4 is 17.3 Å². The molecule has 0 spiro atoms. The van der Waals surface area contributed by atoms with Crippen molar-refractivity contribution in [3.05, 3.63) is 65.5 Å². The highest BCUT2D eigenvalue weighted by atomic mass is 16.2. The summed E-state index contributed by atoms with van der Waals surface area (Å²) in [5.74, 6) is -1.23. The molecule has 0 atom stereocenters. The first kappa shape index (κ1) is 14.7. The Kier molecular flexibility index (Phi) is 4.01. The van der Waals surface area contributed by atoms with Crippen LogP contribution in [0.1, 0.15) is 27.4 Å². The largest absolute Gasteiger partial charge is 0.399 e. The summed E-state index contributed by atoms with van der Waals surface area (Å²) in [6.07, 6.45) is 3.65. The Labute approximate surface area is 131 Å². The van der Waals surface area contributed by atoms with E-state index in [9.17, 15) is 9.59 Å². The number of nitrogen functional groups attached to an aromatic ring is 1. The second-order valence-corrected chi connectivity index (χ2v) is 5.21. The molecule has 0 aliphatic rings. The Morgan fingerprint density at radius 1 is 1.13 bits per heavy atom. The number of H-pyrrole nitrogens is 2. The Bertz CT molecular complexity index is 819. The van der Waals surface area contributed by atoms with Crippen molar-refractivity contribution in [3.63, 3.8) is 0 Å². The number of hydrogen-bond acceptors (Lipinski definition) is 5. The number of nitrogens with zero attached hydrogens (tertiary/aromatic N) is 2. The molecule has 2 aromatic heterocycles. The van der Waals surface area contributed by atoms with Crippen LogP contribution in [0.2, 0.25) is 0 Å². The van der Waals surface area contributed by atoms with E-state index >= 15 is 0 Å². The van der Waals surface area contributed by atoms with Crippen LogP contribution in [0.5, 0.6) is 0 Å². The lowest BCUT2D eigenvalue weighted by molar-refractivity contribution is -0.114. The molecule has 0 saturated heterocycles. The minimum atomic E-state index is -0.663. The lowest BCUT2D eigenvalue weighted by Gasteiger charge is -1.99. The molecule has 0 radical (unpaired) electrons. The number of aromatic nitrogens is 4. The van der Waals surface area contributed by atoms with E-state index in [2.05, 4.69) is 20.2 Å². The molecule has 1 aromatic carbocycles. The molecule has 3 aromatic rings. The van der Waals surface area contributed by atoms with E-state index in [0.29, 0.717) is 6.42 Å². The summed E-state index contributed by atoms with van der Waals surface area (Å²) in [4.78, 5) is 30.6. The van der Waals surface area contributed by atoms with Crippen LogP contribution >= 0.6 is 0 Å². The summed E-state index contributed by atoms with van der Waals surface area (Å²) in [5.41, 5.74) is 9.21. The first-order valence-electron chi connectivity index (χ1n) is 7.05. The number of aromatic amines is 2. The Morgan fingerprint density at radius 3 is 2.61 bits per heavy atom. The zero-order valence-electron chi connectivity index (χ0n) is 12.2. The first-order valence-corrected chi connectivity index (χ1v) is 7.05. The van der Waals surface area contributed by atoms with Gasteiger partial charge in [-0.25, -0.2) is 4.98 Å². The van der Waals surface area contributed by atoms with Crippen molar-refractivity contribution in [1.29, 1.82) is 0 Å². The van der Waals surface area contributed by atoms with Gasteiger partial charge in [-0.3, -0.25) is 14.7 Å². The predicted molar refractivity (Wildman–Crippen MR) is 83.9 cm³/mol. The predicted octanol–water partition coefficient (Wildman–Crippen LogP) is 1.30. The molecule has 0 saturated carbocycles. The van der Waals surface area contributed by atoms with Crippen LogP contribution in [0.25, 0.3) is 0 Å². The molecule has 0 bridgehead atoms. The number of rotatable bonds is 6. The summed E-state index contributed by atoms with van der Waals surface area (Å²) in [6.45, 7) is 0. The Balaban J connectivity index is 1.64. The van der Waals surface area contributed by atoms with E-state index in [-0.39, 0.29) is 12.2 Å². The van der Waals surface area contributed by atoms with Crippen molar-refractivity contribution in [3.8, 4) is 0 Å². The van der Waals surface area contributed by atoms with E-state index in [1.807, 2.05) is 30.3 Å². The number of carbonyl (C=O) groups excluding carboxylic acids is 2. The summed E-state index contributed by atoms with van der Waals surface area (Å²) >= 11 is 0. The number of nitrogens with one attached hydrogen (secondary N) is 2. The lowest BCUT2D eigenvalue weighted by atomic mass is 10.1. The number of carbonyl (C=O) groups is 2. The van der Waals surface area contributed by atoms with Crippen molar-refractivity contribution in [2.24, 2.45) is 0 Å². The van der Waals surface area contributed by atoms with E-state index in [1.165, 1.54) is 6.33 Å². The summed E-state index contributed by atoms with van der Waals surface area (Å²) in [7, 11) is 0. The van der Waals surface area contributed by atoms with Gasteiger partial charge in [0.1, 0.15) is 6.33 Å². The molecule has 4 N–H and O–H groups in total. The highest BCUT2D eigenvalue weighted by molar-refractivity contribution is 6.43. The number of hydrogen-bond donors (Lipinski definition) is 3. The van der Waals surface area contributed by atoms with E-state index in [0.717, 1.165) is 22.5 Å². The van der Waals surface area contributed by atoms with Crippen molar-refractivity contribution in [2.75, 3.05) is 5.73 Å². The van der Waals surface area contributed by atoms with Gasteiger partial charge in [0, 0.05) is 30.4 Å². The molecule has 0 amide bonds. The molecule has 0 fully saturated rings. The fourth-order valence-corrected chi connectivity index (χ4v) is 2.26. The van der Waals surface area contributed by atoms with E-state index < -0.39 is 11.6 Å². The quantitative estimate of drug-likeness (QED) is 0.360. The molecule has 23 heavy (non-hydrogen) atoms. The lowest BCUT2D eigenvalue weighted by Crippen LogP contribution is -2.17. The van der Waals surface area contributed by atoms with Gasteiger partial charge in [-0.2, -0.15) is 5.10 Å². The molecule has 0 unspecified atom stereocenters. The Hall–Kier alpha value is -3.22. The van der Waals surface area contributed by atoms with Gasteiger partial charge in [0.25, 0.3) is 5.78 Å². The number of anilines is 1. The molecule has 2 heterocycles. The highest BCUT2D eigenvalue weighted by Crippen LogP contribution is 2.13. The SMILES string of the molecule is Nc1ccc(Cc2cc(CC(=O)C(=O)c3ncn[nH]3)c[nH]2)cc1. The minimum absolute atomic E-state index is 0.0256. The first-order chi connectivity index (χ1) is 11.1. The van der Waals surface area contributed by atoms with Crippen molar-refractivity contribution in [2.45, 2.75) is 12.8 Å². The topological polar surface area (TPSA) is 118 Å². The van der Waals surface area contributed by atoms with Crippen LogP contribution < -0.4 is 5.73 Å². The zero-order chi connectivity index (χ0) is 16.2. The van der Waals surface area contributed by atoms with Gasteiger partial charge in [0.15, 0.2) is 5.82 Å². The maximum atomic E-state index is 12.0. The second kappa shape index (κ2) is 6.27. The van der Waals surface area contributed by atoms with E-state index in [4.69, 9.17) is 5.73 Å². The van der Waals surface area contributed by atoms with Gasteiger partial charge in [0.2, 0.25) is 5.78 Å². The maximum absolute atomic E-state index is 12.0. The molecule has 0 aliphatic carbocycles. The summed E-state index contributed by atoms with van der Waals surface area (Å²) in [5, 5.41) is 5.96. The third-order valence-electron chi connectivity index (χ3n) is 3.42. The van der Waals surface area contributed by atoms with E-state index in [1.54, 1.807) is 6.20 Å². The molecular weight excluding hydrogens is 294 g/mol. The molecule has 7 nitrogen and oxygen atoms in total. The summed E-state index contributed by atoms with van der Waals surface area (Å²) in [6, 6.07) is 9.47. The maximum Gasteiger partial charge on any atom is 0.265 e. The van der Waals surface area contributed by atoms with Crippen LogP contribution in [0.15, 0.2) is 42.9 Å². The van der Waals surface area contributed by atoms with Crippen LogP contribution in [-0.2, 0) is 17.6 Å². The standard InChI is InChI=1S/C16H15N5O2/c17-12-3-1-10(2-4-12)5-13-6-11(8-18-13)7-14(22)15(23)16-19-9-20-21-16/h1-4,6,8-9,18H,5,7,17H2,(H,19,20,21). The fourth-order valence-electron chi connectivity index (χ4n) is 2.26. The monoisotopic (exact) mass is 309 g/mol. The molecule has 7 heteroatoms. The van der Waals surface area contributed by atoms with Gasteiger partial charge in [-0.05, 0) is 29.3 Å². The molecule has 0 aliphatic heterocycles. The van der Waals surface area contributed by atoms with Gasteiger partial charge in [-0.15, -0.1) is 0 Å². The van der Waals surface area contributed by atoms with Crippen LogP contribution in [0, 0.1) is 0 Å². The van der Waals surface area contributed by atoms with Crippen LogP contribution in [0.4, 0.5) is 5.69 Å². The number of Topliss-reactive ketones (excluding diaryl/α,β-unsaturated/α-hetero) is 2. The smallest absolute Gasteiger partial charge is 0.265 e. The fraction of sp³-hybridized carbons (Fsp3) is 0.125. The van der Waals surface area contributed by atoms with Crippen LogP contribution in [-0.4, -0.2) is 31.7 Å². The zero-order valence-corrected chi connectivity index (χ0v) is 12.2.